The van der Waals surface area contributed by atoms with Crippen LogP contribution in [0.25, 0.3) is 0 Å². The van der Waals surface area contributed by atoms with E-state index in [1.165, 1.54) is 0 Å². The van der Waals surface area contributed by atoms with Gasteiger partial charge in [-0.25, -0.2) is 0 Å². The Morgan fingerprint density at radius 3 is 0.350 bits per heavy atom. The van der Waals surface area contributed by atoms with E-state index in [0.717, 1.165) is 0 Å². The van der Waals surface area contributed by atoms with Gasteiger partial charge in [0.25, 0.3) is 0 Å². The maximum atomic E-state index is 8.06. The van der Waals surface area contributed by atoms with Gasteiger partial charge in [0, 0.05) is 24.4 Å². The largest absolute Gasteiger partial charge is 0.394 e. The highest BCUT2D eigenvalue weighted by Gasteiger charge is 1.70. The Balaban J connectivity index is -0.0000000150. The normalized spacial score (nSPS) is 7.20. The van der Waals surface area contributed by atoms with E-state index in [0.29, 0.717) is 0 Å². The zero-order valence-corrected chi connectivity index (χ0v) is 17.0. The van der Waals surface area contributed by atoms with Crippen molar-refractivity contribution in [2.45, 2.75) is 79.8 Å². The van der Waals surface area contributed by atoms with Crippen molar-refractivity contribution in [2.24, 2.45) is 0 Å². The smallest absolute Gasteiger partial charge is 0.0483 e. The molecule has 0 bridgehead atoms. The van der Waals surface area contributed by atoms with Crippen molar-refractivity contribution in [3.63, 3.8) is 0 Å². The first-order valence-electron chi connectivity index (χ1n) is 5.65. The minimum absolute atomic E-state index is 0. The summed E-state index contributed by atoms with van der Waals surface area (Å²) in [7, 11) is 0. The SMILES string of the molecule is CC(C)O.CC(C)O.CC(C)O.CC(C)O.Cl.Cl.Cl.Cl. The molecule has 0 unspecified atom stereocenters. The lowest BCUT2D eigenvalue weighted by molar-refractivity contribution is 0.215. The van der Waals surface area contributed by atoms with E-state index in [-0.39, 0.29) is 74.0 Å². The van der Waals surface area contributed by atoms with Crippen LogP contribution in [-0.4, -0.2) is 44.8 Å². The van der Waals surface area contributed by atoms with Crippen LogP contribution in [-0.2, 0) is 0 Å². The maximum Gasteiger partial charge on any atom is 0.0483 e. The number of aliphatic hydroxyl groups excluding tert-OH is 4. The monoisotopic (exact) mass is 384 g/mol. The van der Waals surface area contributed by atoms with Gasteiger partial charge >= 0.3 is 0 Å². The fourth-order valence-corrected chi connectivity index (χ4v) is 0. The van der Waals surface area contributed by atoms with Crippen molar-refractivity contribution >= 4 is 49.6 Å². The van der Waals surface area contributed by atoms with Crippen LogP contribution in [0.15, 0.2) is 0 Å². The molecule has 0 aliphatic rings. The molecule has 0 radical (unpaired) electrons. The molecule has 0 aromatic heterocycles. The highest BCUT2D eigenvalue weighted by molar-refractivity contribution is 5.86. The highest BCUT2D eigenvalue weighted by atomic mass is 35.5. The summed E-state index contributed by atoms with van der Waals surface area (Å²) in [6, 6.07) is 0. The van der Waals surface area contributed by atoms with E-state index in [1.807, 2.05) is 0 Å². The maximum absolute atomic E-state index is 8.06. The van der Waals surface area contributed by atoms with Crippen LogP contribution in [0.5, 0.6) is 0 Å². The number of hydrogen-bond acceptors (Lipinski definition) is 4. The lowest BCUT2D eigenvalue weighted by Crippen LogP contribution is -1.85. The summed E-state index contributed by atoms with van der Waals surface area (Å²) in [5.41, 5.74) is 0. The zero-order valence-electron chi connectivity index (χ0n) is 13.7. The van der Waals surface area contributed by atoms with Crippen molar-refractivity contribution in [2.75, 3.05) is 0 Å². The van der Waals surface area contributed by atoms with Gasteiger partial charge in [-0.1, -0.05) is 0 Å². The summed E-state index contributed by atoms with van der Waals surface area (Å²) < 4.78 is 0. The number of halogens is 4. The van der Waals surface area contributed by atoms with E-state index < -0.39 is 0 Å². The van der Waals surface area contributed by atoms with Crippen LogP contribution in [0.1, 0.15) is 55.4 Å². The predicted molar refractivity (Wildman–Crippen MR) is 98.4 cm³/mol. The average molecular weight is 386 g/mol. The summed E-state index contributed by atoms with van der Waals surface area (Å²) >= 11 is 0. The fourth-order valence-electron chi connectivity index (χ4n) is 0. The molecule has 0 aromatic carbocycles. The Morgan fingerprint density at radius 2 is 0.350 bits per heavy atom. The van der Waals surface area contributed by atoms with Crippen molar-refractivity contribution in [1.29, 1.82) is 0 Å². The molecule has 0 saturated carbocycles. The predicted octanol–water partition coefficient (Wildman–Crippen LogP) is 3.24. The number of rotatable bonds is 0. The molecule has 0 amide bonds. The molecule has 0 aliphatic carbocycles. The fraction of sp³-hybridized carbons (Fsp3) is 1.00. The van der Waals surface area contributed by atoms with Crippen molar-refractivity contribution in [3.05, 3.63) is 0 Å². The van der Waals surface area contributed by atoms with E-state index in [2.05, 4.69) is 0 Å². The van der Waals surface area contributed by atoms with Gasteiger partial charge in [-0.2, -0.15) is 0 Å². The summed E-state index contributed by atoms with van der Waals surface area (Å²) in [6.07, 6.45) is -0.667. The van der Waals surface area contributed by atoms with Crippen LogP contribution in [0.4, 0.5) is 0 Å². The third-order valence-corrected chi connectivity index (χ3v) is 0. The van der Waals surface area contributed by atoms with Gasteiger partial charge in [0.2, 0.25) is 0 Å². The molecular formula is C12H36Cl4O4. The molecule has 0 fully saturated rings. The zero-order chi connectivity index (χ0) is 14.3. The van der Waals surface area contributed by atoms with Crippen molar-refractivity contribution in [1.82, 2.24) is 0 Å². The van der Waals surface area contributed by atoms with Gasteiger partial charge in [-0.3, -0.25) is 0 Å². The Kier molecular flexibility index (Phi) is 106. The number of aliphatic hydroxyl groups is 4. The Bertz CT molecular complexity index is 70.4. The van der Waals surface area contributed by atoms with Crippen LogP contribution >= 0.6 is 49.6 Å². The van der Waals surface area contributed by atoms with Gasteiger partial charge in [0.05, 0.1) is 0 Å². The molecule has 0 atom stereocenters. The van der Waals surface area contributed by atoms with E-state index in [1.54, 1.807) is 55.4 Å². The molecule has 136 valence electrons. The standard InChI is InChI=1S/4C3H8O.4ClH/c4*1-3(2)4;;;;/h4*3-4H,1-2H3;4*1H. The van der Waals surface area contributed by atoms with E-state index in [9.17, 15) is 0 Å². The van der Waals surface area contributed by atoms with Gasteiger partial charge in [0.1, 0.15) is 0 Å². The summed E-state index contributed by atoms with van der Waals surface area (Å²) in [4.78, 5) is 0. The van der Waals surface area contributed by atoms with E-state index in [4.69, 9.17) is 20.4 Å². The van der Waals surface area contributed by atoms with Crippen molar-refractivity contribution < 1.29 is 20.4 Å². The molecule has 4 N–H and O–H groups in total. The van der Waals surface area contributed by atoms with Gasteiger partial charge in [-0.05, 0) is 55.4 Å². The third kappa shape index (κ3) is 6160. The van der Waals surface area contributed by atoms with E-state index >= 15 is 0 Å². The lowest BCUT2D eigenvalue weighted by Gasteiger charge is -1.80. The molecule has 0 rings (SSSR count). The molecule has 0 heterocycles. The molecule has 0 saturated heterocycles. The van der Waals surface area contributed by atoms with Gasteiger partial charge < -0.3 is 20.4 Å². The second-order valence-corrected chi connectivity index (χ2v) is 4.37. The lowest BCUT2D eigenvalue weighted by atomic mass is 10.5. The first-order chi connectivity index (χ1) is 6.93. The molecular weight excluding hydrogens is 350 g/mol. The minimum Gasteiger partial charge on any atom is -0.394 e. The quantitative estimate of drug-likeness (QED) is 0.515. The van der Waals surface area contributed by atoms with Gasteiger partial charge in [-0.15, -0.1) is 49.6 Å². The average Bonchev–Trinajstić information content (AvgIpc) is 1.76. The molecule has 4 nitrogen and oxygen atoms in total. The third-order valence-electron chi connectivity index (χ3n) is 0. The minimum atomic E-state index is -0.167. The van der Waals surface area contributed by atoms with Crippen LogP contribution < -0.4 is 0 Å². The second kappa shape index (κ2) is 42.7. The Labute approximate surface area is 150 Å². The molecule has 20 heavy (non-hydrogen) atoms. The first kappa shape index (κ1) is 49.7. The Morgan fingerprint density at radius 1 is 0.350 bits per heavy atom. The van der Waals surface area contributed by atoms with Gasteiger partial charge in [0.15, 0.2) is 0 Å². The summed E-state index contributed by atoms with van der Waals surface area (Å²) in [5.74, 6) is 0. The molecule has 0 spiro atoms. The second-order valence-electron chi connectivity index (χ2n) is 4.37. The van der Waals surface area contributed by atoms with Crippen LogP contribution in [0, 0.1) is 0 Å². The van der Waals surface area contributed by atoms with Crippen LogP contribution in [0.3, 0.4) is 0 Å². The number of hydrogen-bond donors (Lipinski definition) is 4. The van der Waals surface area contributed by atoms with Crippen molar-refractivity contribution in [3.8, 4) is 0 Å². The molecule has 0 aliphatic heterocycles. The summed E-state index contributed by atoms with van der Waals surface area (Å²) in [5, 5.41) is 32.2. The topological polar surface area (TPSA) is 80.9 Å². The molecule has 0 aromatic rings. The highest BCUT2D eigenvalue weighted by Crippen LogP contribution is 1.66. The Hall–Kier alpha value is 1.00. The van der Waals surface area contributed by atoms with Crippen LogP contribution in [0.2, 0.25) is 0 Å². The summed E-state index contributed by atoms with van der Waals surface area (Å²) in [6.45, 7) is 13.8. The molecule has 8 heteroatoms. The first-order valence-corrected chi connectivity index (χ1v) is 5.65.